The van der Waals surface area contributed by atoms with E-state index in [4.69, 9.17) is 16.3 Å². The van der Waals surface area contributed by atoms with E-state index in [1.165, 1.54) is 16.7 Å². The molecule has 2 nitrogen and oxygen atoms in total. The monoisotopic (exact) mass is 267 g/mol. The molecule has 0 spiro atoms. The molecule has 0 aromatic heterocycles. The van der Waals surface area contributed by atoms with Crippen LogP contribution in [0.3, 0.4) is 0 Å². The van der Waals surface area contributed by atoms with Gasteiger partial charge in [-0.2, -0.15) is 0 Å². The zero-order valence-corrected chi connectivity index (χ0v) is 12.4. The second kappa shape index (κ2) is 7.45. The van der Waals surface area contributed by atoms with Crippen LogP contribution in [0.5, 0.6) is 5.75 Å². The van der Waals surface area contributed by atoms with Gasteiger partial charge in [0.25, 0.3) is 0 Å². The molecule has 0 amide bonds. The minimum atomic E-state index is 0.539. The van der Waals surface area contributed by atoms with E-state index in [1.54, 1.807) is 5.54 Å². The Labute approximate surface area is 115 Å². The van der Waals surface area contributed by atoms with Crippen LogP contribution in [0.4, 0.5) is 0 Å². The number of hydrogen-bond acceptors (Lipinski definition) is 2. The summed E-state index contributed by atoms with van der Waals surface area (Å²) in [5, 5.41) is 3.33. The van der Waals surface area contributed by atoms with Gasteiger partial charge in [-0.1, -0.05) is 30.7 Å². The van der Waals surface area contributed by atoms with Crippen molar-refractivity contribution in [3.63, 3.8) is 0 Å². The van der Waals surface area contributed by atoms with Crippen molar-refractivity contribution in [3.8, 4) is 5.75 Å². The molecule has 0 atom stereocenters. The molecule has 3 heteroatoms. The zero-order chi connectivity index (χ0) is 13.5. The number of ether oxygens (including phenoxy) is 1. The highest BCUT2D eigenvalue weighted by Gasteiger charge is 2.06. The first kappa shape index (κ1) is 15.1. The summed E-state index contributed by atoms with van der Waals surface area (Å²) < 4.78 is 5.81. The van der Waals surface area contributed by atoms with E-state index in [9.17, 15) is 0 Å². The minimum absolute atomic E-state index is 0.539. The number of nitrogens with one attached hydrogen (secondary N) is 1. The van der Waals surface area contributed by atoms with E-state index >= 15 is 0 Å². The van der Waals surface area contributed by atoms with E-state index < -0.39 is 0 Å². The molecule has 1 aromatic carbocycles. The molecule has 0 heterocycles. The first-order valence-corrected chi connectivity index (χ1v) is 6.71. The molecule has 18 heavy (non-hydrogen) atoms. The summed E-state index contributed by atoms with van der Waals surface area (Å²) in [6.07, 6.45) is 0. The van der Waals surface area contributed by atoms with Gasteiger partial charge in [0.15, 0.2) is 0 Å². The summed E-state index contributed by atoms with van der Waals surface area (Å²) in [4.78, 5) is 0. The fourth-order valence-corrected chi connectivity index (χ4v) is 1.92. The summed E-state index contributed by atoms with van der Waals surface area (Å²) in [6, 6.07) is 4.34. The first-order chi connectivity index (χ1) is 8.58. The summed E-state index contributed by atoms with van der Waals surface area (Å²) in [5.41, 5.74) is 6.22. The zero-order valence-electron chi connectivity index (χ0n) is 11.6. The van der Waals surface area contributed by atoms with Crippen LogP contribution in [-0.2, 0) is 6.54 Å². The van der Waals surface area contributed by atoms with Gasteiger partial charge in [0.2, 0.25) is 0 Å². The molecule has 1 aromatic rings. The van der Waals surface area contributed by atoms with Crippen LogP contribution in [0.1, 0.15) is 30.5 Å². The highest BCUT2D eigenvalue weighted by atomic mass is 35.5. The number of halogens is 1. The van der Waals surface area contributed by atoms with Crippen molar-refractivity contribution in [2.24, 2.45) is 0 Å². The summed E-state index contributed by atoms with van der Waals surface area (Å²) >= 11 is 5.63. The molecular formula is C15H22ClNO. The van der Waals surface area contributed by atoms with Crippen molar-refractivity contribution in [2.75, 3.05) is 13.2 Å². The normalized spacial score (nSPS) is 11.7. The van der Waals surface area contributed by atoms with Gasteiger partial charge in [-0.05, 0) is 49.6 Å². The third-order valence-electron chi connectivity index (χ3n) is 2.73. The second-order valence-electron chi connectivity index (χ2n) is 4.58. The molecular weight excluding hydrogens is 246 g/mol. The Hall–Kier alpha value is -0.990. The van der Waals surface area contributed by atoms with E-state index in [-0.39, 0.29) is 0 Å². The van der Waals surface area contributed by atoms with Crippen LogP contribution in [0.15, 0.2) is 23.2 Å². The Kier molecular flexibility index (Phi) is 6.23. The number of benzene rings is 1. The largest absolute Gasteiger partial charge is 0.489 e. The number of rotatable bonds is 6. The third-order valence-corrected chi connectivity index (χ3v) is 3.10. The molecule has 0 unspecified atom stereocenters. The van der Waals surface area contributed by atoms with Crippen molar-refractivity contribution in [2.45, 2.75) is 34.2 Å². The Bertz CT molecular complexity index is 403. The van der Waals surface area contributed by atoms with Crippen molar-refractivity contribution >= 4 is 11.6 Å². The van der Waals surface area contributed by atoms with Gasteiger partial charge in [0.1, 0.15) is 12.4 Å². The fraction of sp³-hybridized carbons (Fsp3) is 0.467. The summed E-state index contributed by atoms with van der Waals surface area (Å²) in [6.45, 7) is 10.7. The van der Waals surface area contributed by atoms with E-state index in [2.05, 4.69) is 38.2 Å². The van der Waals surface area contributed by atoms with Crippen LogP contribution in [-0.4, -0.2) is 13.2 Å². The molecule has 0 aliphatic heterocycles. The van der Waals surface area contributed by atoms with Crippen LogP contribution >= 0.6 is 11.6 Å². The quantitative estimate of drug-likeness (QED) is 0.843. The maximum atomic E-state index is 5.81. The molecule has 100 valence electrons. The van der Waals surface area contributed by atoms with Gasteiger partial charge in [0.05, 0.1) is 0 Å². The van der Waals surface area contributed by atoms with Crippen molar-refractivity contribution in [1.29, 1.82) is 0 Å². The second-order valence-corrected chi connectivity index (χ2v) is 4.80. The fourth-order valence-electron chi connectivity index (χ4n) is 1.86. The molecule has 0 radical (unpaired) electrons. The van der Waals surface area contributed by atoms with Crippen molar-refractivity contribution in [1.82, 2.24) is 5.32 Å². The Morgan fingerprint density at radius 2 is 1.94 bits per heavy atom. The van der Waals surface area contributed by atoms with E-state index in [1.807, 2.05) is 6.92 Å². The lowest BCUT2D eigenvalue weighted by atomic mass is 10.1. The Morgan fingerprint density at radius 1 is 1.33 bits per heavy atom. The average molecular weight is 268 g/mol. The SMILES string of the molecule is CCNCc1cc(C)c(OC/C(C)=C/Cl)c(C)c1. The van der Waals surface area contributed by atoms with E-state index in [0.29, 0.717) is 6.61 Å². The molecule has 0 fully saturated rings. The Morgan fingerprint density at radius 3 is 2.44 bits per heavy atom. The highest BCUT2D eigenvalue weighted by molar-refractivity contribution is 6.25. The van der Waals surface area contributed by atoms with Gasteiger partial charge >= 0.3 is 0 Å². The van der Waals surface area contributed by atoms with Crippen molar-refractivity contribution < 1.29 is 4.74 Å². The topological polar surface area (TPSA) is 21.3 Å². The maximum Gasteiger partial charge on any atom is 0.125 e. The van der Waals surface area contributed by atoms with Crippen LogP contribution < -0.4 is 10.1 Å². The average Bonchev–Trinajstić information content (AvgIpc) is 2.34. The number of hydrogen-bond donors (Lipinski definition) is 1. The summed E-state index contributed by atoms with van der Waals surface area (Å²) in [5.74, 6) is 0.966. The number of aryl methyl sites for hydroxylation is 2. The minimum Gasteiger partial charge on any atom is -0.489 e. The molecule has 0 saturated heterocycles. The molecule has 0 aliphatic carbocycles. The third kappa shape index (κ3) is 4.35. The first-order valence-electron chi connectivity index (χ1n) is 6.28. The van der Waals surface area contributed by atoms with Crippen LogP contribution in [0.2, 0.25) is 0 Å². The molecule has 1 rings (SSSR count). The standard InChI is InChI=1S/C15H22ClNO/c1-5-17-9-14-6-12(3)15(13(4)7-14)18-10-11(2)8-16/h6-8,17H,5,9-10H2,1-4H3/b11-8+. The predicted octanol–water partition coefficient (Wildman–Crippen LogP) is 3.93. The lowest BCUT2D eigenvalue weighted by Gasteiger charge is -2.14. The van der Waals surface area contributed by atoms with E-state index in [0.717, 1.165) is 24.4 Å². The highest BCUT2D eigenvalue weighted by Crippen LogP contribution is 2.25. The molecule has 0 aliphatic rings. The summed E-state index contributed by atoms with van der Waals surface area (Å²) in [7, 11) is 0. The predicted molar refractivity (Wildman–Crippen MR) is 78.4 cm³/mol. The van der Waals surface area contributed by atoms with Crippen LogP contribution in [0, 0.1) is 13.8 Å². The van der Waals surface area contributed by atoms with Gasteiger partial charge in [-0.15, -0.1) is 0 Å². The Balaban J connectivity index is 2.80. The van der Waals surface area contributed by atoms with Gasteiger partial charge < -0.3 is 10.1 Å². The lowest BCUT2D eigenvalue weighted by molar-refractivity contribution is 0.347. The lowest BCUT2D eigenvalue weighted by Crippen LogP contribution is -2.12. The molecule has 1 N–H and O–H groups in total. The van der Waals surface area contributed by atoms with Gasteiger partial charge in [0, 0.05) is 12.1 Å². The molecule has 0 saturated carbocycles. The van der Waals surface area contributed by atoms with Gasteiger partial charge in [-0.3, -0.25) is 0 Å². The van der Waals surface area contributed by atoms with Crippen LogP contribution in [0.25, 0.3) is 0 Å². The van der Waals surface area contributed by atoms with Crippen molar-refractivity contribution in [3.05, 3.63) is 39.9 Å². The van der Waals surface area contributed by atoms with Gasteiger partial charge in [-0.25, -0.2) is 0 Å². The molecule has 0 bridgehead atoms. The smallest absolute Gasteiger partial charge is 0.125 e. The maximum absolute atomic E-state index is 5.81.